The van der Waals surface area contributed by atoms with Gasteiger partial charge < -0.3 is 5.32 Å². The Morgan fingerprint density at radius 1 is 1.28 bits per heavy atom. The molecule has 2 aromatic rings. The quantitative estimate of drug-likeness (QED) is 0.846. The number of anilines is 1. The molecule has 0 radical (unpaired) electrons. The Morgan fingerprint density at radius 2 is 2.06 bits per heavy atom. The van der Waals surface area contributed by atoms with Crippen LogP contribution in [0.5, 0.6) is 0 Å². The van der Waals surface area contributed by atoms with Crippen LogP contribution in [0.3, 0.4) is 0 Å². The van der Waals surface area contributed by atoms with Gasteiger partial charge in [0, 0.05) is 17.6 Å². The molecule has 0 aliphatic heterocycles. The van der Waals surface area contributed by atoms with Crippen molar-refractivity contribution in [3.63, 3.8) is 0 Å². The molecule has 2 heterocycles. The van der Waals surface area contributed by atoms with E-state index in [0.717, 1.165) is 5.69 Å². The first-order valence-electron chi connectivity index (χ1n) is 5.43. The molecule has 4 nitrogen and oxygen atoms in total. The molecule has 0 fully saturated rings. The van der Waals surface area contributed by atoms with E-state index in [0.29, 0.717) is 22.1 Å². The first-order valence-corrected chi connectivity index (χ1v) is 5.81. The molecule has 92 valence electrons. The lowest BCUT2D eigenvalue weighted by Crippen LogP contribution is -2.14. The maximum Gasteiger partial charge on any atom is 0.257 e. The van der Waals surface area contributed by atoms with E-state index in [-0.39, 0.29) is 5.91 Å². The number of nitrogens with zero attached hydrogens (tertiary/aromatic N) is 2. The second-order valence-corrected chi connectivity index (χ2v) is 4.29. The Balaban J connectivity index is 2.22. The molecular weight excluding hydrogens is 250 g/mol. The van der Waals surface area contributed by atoms with Crippen LogP contribution >= 0.6 is 11.6 Å². The molecule has 0 unspecified atom stereocenters. The molecule has 5 heteroatoms. The molecule has 2 aromatic heterocycles. The van der Waals surface area contributed by atoms with Crippen molar-refractivity contribution < 1.29 is 4.79 Å². The number of pyridine rings is 2. The third-order valence-corrected chi connectivity index (χ3v) is 2.66. The fraction of sp³-hybridized carbons (Fsp3) is 0.154. The van der Waals surface area contributed by atoms with E-state index in [1.807, 2.05) is 6.92 Å². The van der Waals surface area contributed by atoms with Crippen LogP contribution in [0.25, 0.3) is 0 Å². The first-order chi connectivity index (χ1) is 8.56. The summed E-state index contributed by atoms with van der Waals surface area (Å²) in [5, 5.41) is 3.10. The van der Waals surface area contributed by atoms with E-state index < -0.39 is 0 Å². The smallest absolute Gasteiger partial charge is 0.257 e. The lowest BCUT2D eigenvalue weighted by molar-refractivity contribution is 0.102. The number of aromatic nitrogens is 2. The molecule has 0 saturated carbocycles. The summed E-state index contributed by atoms with van der Waals surface area (Å²) in [6.45, 7) is 3.69. The average molecular weight is 262 g/mol. The molecule has 18 heavy (non-hydrogen) atoms. The van der Waals surface area contributed by atoms with E-state index in [9.17, 15) is 4.79 Å². The maximum atomic E-state index is 12.0. The summed E-state index contributed by atoms with van der Waals surface area (Å²) in [4.78, 5) is 20.1. The van der Waals surface area contributed by atoms with Crippen molar-refractivity contribution in [2.75, 3.05) is 5.32 Å². The minimum Gasteiger partial charge on any atom is -0.322 e. The lowest BCUT2D eigenvalue weighted by Gasteiger charge is -2.07. The third-order valence-electron chi connectivity index (χ3n) is 2.45. The first kappa shape index (κ1) is 12.5. The van der Waals surface area contributed by atoms with Gasteiger partial charge in [0.15, 0.2) is 0 Å². The third kappa shape index (κ3) is 2.84. The molecule has 0 aliphatic rings. The van der Waals surface area contributed by atoms with E-state index in [4.69, 9.17) is 11.6 Å². The largest absolute Gasteiger partial charge is 0.322 e. The van der Waals surface area contributed by atoms with Crippen LogP contribution in [0.4, 0.5) is 5.69 Å². The van der Waals surface area contributed by atoms with Gasteiger partial charge in [-0.15, -0.1) is 0 Å². The van der Waals surface area contributed by atoms with E-state index in [2.05, 4.69) is 15.3 Å². The minimum absolute atomic E-state index is 0.206. The number of amides is 1. The Kier molecular flexibility index (Phi) is 3.58. The highest BCUT2D eigenvalue weighted by Crippen LogP contribution is 2.14. The monoisotopic (exact) mass is 261 g/mol. The molecule has 0 saturated heterocycles. The summed E-state index contributed by atoms with van der Waals surface area (Å²) < 4.78 is 0. The van der Waals surface area contributed by atoms with E-state index in [1.165, 1.54) is 6.20 Å². The number of carbonyl (C=O) groups is 1. The van der Waals surface area contributed by atoms with Gasteiger partial charge in [-0.3, -0.25) is 9.78 Å². The Labute approximate surface area is 110 Å². The summed E-state index contributed by atoms with van der Waals surface area (Å²) in [5.41, 5.74) is 2.75. The lowest BCUT2D eigenvalue weighted by atomic mass is 10.1. The summed E-state index contributed by atoms with van der Waals surface area (Å²) >= 11 is 5.75. The van der Waals surface area contributed by atoms with Gasteiger partial charge >= 0.3 is 0 Å². The van der Waals surface area contributed by atoms with Crippen LogP contribution in [0.2, 0.25) is 5.15 Å². The van der Waals surface area contributed by atoms with Crippen LogP contribution in [0.1, 0.15) is 21.7 Å². The van der Waals surface area contributed by atoms with Crippen LogP contribution in [0, 0.1) is 13.8 Å². The fourth-order valence-electron chi connectivity index (χ4n) is 1.61. The van der Waals surface area contributed by atoms with Crippen molar-refractivity contribution in [2.24, 2.45) is 0 Å². The average Bonchev–Trinajstić information content (AvgIpc) is 2.28. The number of hydrogen-bond acceptors (Lipinski definition) is 3. The number of aryl methyl sites for hydroxylation is 2. The molecule has 0 spiro atoms. The molecule has 0 aliphatic carbocycles. The number of rotatable bonds is 2. The number of nitrogens with one attached hydrogen (secondary N) is 1. The molecule has 0 atom stereocenters. The van der Waals surface area contributed by atoms with Crippen LogP contribution < -0.4 is 5.32 Å². The van der Waals surface area contributed by atoms with E-state index >= 15 is 0 Å². The Hall–Kier alpha value is -1.94. The fourth-order valence-corrected chi connectivity index (χ4v) is 1.78. The highest BCUT2D eigenvalue weighted by molar-refractivity contribution is 6.29. The van der Waals surface area contributed by atoms with Crippen LogP contribution in [-0.4, -0.2) is 15.9 Å². The van der Waals surface area contributed by atoms with Crippen LogP contribution in [-0.2, 0) is 0 Å². The molecule has 2 rings (SSSR count). The van der Waals surface area contributed by atoms with Crippen LogP contribution in [0.15, 0.2) is 30.5 Å². The summed E-state index contributed by atoms with van der Waals surface area (Å²) in [5.74, 6) is -0.206. The second kappa shape index (κ2) is 5.14. The van der Waals surface area contributed by atoms with Gasteiger partial charge in [-0.25, -0.2) is 4.98 Å². The summed E-state index contributed by atoms with van der Waals surface area (Å²) in [7, 11) is 0. The summed E-state index contributed by atoms with van der Waals surface area (Å²) in [6.07, 6.45) is 1.54. The normalized spacial score (nSPS) is 10.2. The summed E-state index contributed by atoms with van der Waals surface area (Å²) in [6, 6.07) is 6.84. The molecule has 0 bridgehead atoms. The van der Waals surface area contributed by atoms with Crippen molar-refractivity contribution in [3.8, 4) is 0 Å². The molecular formula is C13H12ClN3O. The van der Waals surface area contributed by atoms with Gasteiger partial charge in [-0.2, -0.15) is 0 Å². The van der Waals surface area contributed by atoms with Crippen molar-refractivity contribution in [2.45, 2.75) is 13.8 Å². The van der Waals surface area contributed by atoms with E-state index in [1.54, 1.807) is 31.2 Å². The number of carbonyl (C=O) groups excluding carboxylic acids is 1. The van der Waals surface area contributed by atoms with Crippen molar-refractivity contribution in [1.29, 1.82) is 0 Å². The highest BCUT2D eigenvalue weighted by Gasteiger charge is 2.10. The molecule has 0 aromatic carbocycles. The number of halogens is 1. The van der Waals surface area contributed by atoms with Gasteiger partial charge in [-0.1, -0.05) is 11.6 Å². The zero-order chi connectivity index (χ0) is 13.1. The van der Waals surface area contributed by atoms with Gasteiger partial charge in [0.25, 0.3) is 5.91 Å². The van der Waals surface area contributed by atoms with Gasteiger partial charge in [0.1, 0.15) is 5.15 Å². The zero-order valence-corrected chi connectivity index (χ0v) is 10.8. The minimum atomic E-state index is -0.206. The molecule has 1 amide bonds. The maximum absolute atomic E-state index is 12.0. The predicted molar refractivity (Wildman–Crippen MR) is 70.9 cm³/mol. The number of hydrogen-bond donors (Lipinski definition) is 1. The van der Waals surface area contributed by atoms with Crippen molar-refractivity contribution in [1.82, 2.24) is 9.97 Å². The van der Waals surface area contributed by atoms with Crippen molar-refractivity contribution >= 4 is 23.2 Å². The Morgan fingerprint density at radius 3 is 2.72 bits per heavy atom. The topological polar surface area (TPSA) is 54.9 Å². The van der Waals surface area contributed by atoms with Gasteiger partial charge in [0.05, 0.1) is 11.3 Å². The SMILES string of the molecule is Cc1ccc(C(=O)Nc2ccnc(Cl)c2)c(C)n1. The van der Waals surface area contributed by atoms with Crippen molar-refractivity contribution in [3.05, 3.63) is 52.6 Å². The molecule has 1 N–H and O–H groups in total. The zero-order valence-electron chi connectivity index (χ0n) is 10.1. The van der Waals surface area contributed by atoms with Gasteiger partial charge in [0.2, 0.25) is 0 Å². The standard InChI is InChI=1S/C13H12ClN3O/c1-8-3-4-11(9(2)16-8)13(18)17-10-5-6-15-12(14)7-10/h3-7H,1-2H3,(H,15,17,18). The highest BCUT2D eigenvalue weighted by atomic mass is 35.5. The second-order valence-electron chi connectivity index (χ2n) is 3.91. The predicted octanol–water partition coefficient (Wildman–Crippen LogP) is 3.00. The van der Waals surface area contributed by atoms with Gasteiger partial charge in [-0.05, 0) is 38.1 Å². The Bertz CT molecular complexity index is 599.